The number of phenolic OH excluding ortho intramolecular Hbond substituents is 1. The van der Waals surface area contributed by atoms with Crippen molar-refractivity contribution in [1.29, 1.82) is 0 Å². The molecule has 0 unspecified atom stereocenters. The molecule has 1 aromatic rings. The molecule has 0 heterocycles. The summed E-state index contributed by atoms with van der Waals surface area (Å²) >= 11 is 5.81. The van der Waals surface area contributed by atoms with Gasteiger partial charge in [0.1, 0.15) is 5.75 Å². The molecule has 0 spiro atoms. The van der Waals surface area contributed by atoms with Crippen LogP contribution in [-0.4, -0.2) is 12.2 Å². The van der Waals surface area contributed by atoms with Crippen molar-refractivity contribution < 1.29 is 5.11 Å². The van der Waals surface area contributed by atoms with E-state index in [1.165, 1.54) is 6.07 Å². The van der Waals surface area contributed by atoms with E-state index in [4.69, 9.17) is 16.7 Å². The maximum absolute atomic E-state index is 9.00. The number of benzene rings is 1. The van der Waals surface area contributed by atoms with Gasteiger partial charge in [-0.25, -0.2) is 0 Å². The van der Waals surface area contributed by atoms with E-state index in [-0.39, 0.29) is 5.75 Å². The number of rotatable bonds is 2. The number of aromatic hydroxyl groups is 1. The summed E-state index contributed by atoms with van der Waals surface area (Å²) in [6, 6.07) is 4.96. The molecule has 0 aliphatic heterocycles. The monoisotopic (exact) mass is 171 g/mol. The fourth-order valence-electron chi connectivity index (χ4n) is 0.870. The first kappa shape index (κ1) is 8.37. The maximum atomic E-state index is 9.00. The molecular weight excluding hydrogens is 162 g/mol. The van der Waals surface area contributed by atoms with Crippen LogP contribution in [0.5, 0.6) is 5.75 Å². The minimum Gasteiger partial charge on any atom is -0.508 e. The van der Waals surface area contributed by atoms with Crippen LogP contribution in [0.3, 0.4) is 0 Å². The van der Waals surface area contributed by atoms with Crippen LogP contribution in [0.25, 0.3) is 0 Å². The van der Waals surface area contributed by atoms with Gasteiger partial charge in [-0.15, -0.1) is 0 Å². The fraction of sp³-hybridized carbons (Fsp3) is 0.250. The van der Waals surface area contributed by atoms with Gasteiger partial charge in [0.25, 0.3) is 0 Å². The van der Waals surface area contributed by atoms with E-state index in [0.29, 0.717) is 5.02 Å². The van der Waals surface area contributed by atoms with E-state index in [0.717, 1.165) is 12.1 Å². The predicted octanol–water partition coefficient (Wildman–Crippen LogP) is 1.76. The molecule has 0 aliphatic rings. The molecule has 0 fully saturated rings. The molecule has 0 aromatic heterocycles. The molecule has 11 heavy (non-hydrogen) atoms. The van der Waals surface area contributed by atoms with Crippen molar-refractivity contribution >= 4 is 11.6 Å². The van der Waals surface area contributed by atoms with Gasteiger partial charge >= 0.3 is 0 Å². The molecule has 0 aliphatic carbocycles. The van der Waals surface area contributed by atoms with Crippen molar-refractivity contribution in [2.75, 3.05) is 7.05 Å². The first-order valence-corrected chi connectivity index (χ1v) is 3.74. The second-order valence-corrected chi connectivity index (χ2v) is 2.71. The van der Waals surface area contributed by atoms with Gasteiger partial charge in [0, 0.05) is 11.6 Å². The van der Waals surface area contributed by atoms with Gasteiger partial charge in [-0.05, 0) is 24.7 Å². The van der Waals surface area contributed by atoms with E-state index in [1.54, 1.807) is 12.1 Å². The molecule has 3 heteroatoms. The average molecular weight is 172 g/mol. The van der Waals surface area contributed by atoms with Gasteiger partial charge < -0.3 is 10.4 Å². The van der Waals surface area contributed by atoms with E-state index in [9.17, 15) is 0 Å². The summed E-state index contributed by atoms with van der Waals surface area (Å²) in [5, 5.41) is 12.6. The predicted molar refractivity (Wildman–Crippen MR) is 45.9 cm³/mol. The molecule has 0 saturated heterocycles. The maximum Gasteiger partial charge on any atom is 0.117 e. The van der Waals surface area contributed by atoms with Gasteiger partial charge in [0.05, 0.1) is 0 Å². The van der Waals surface area contributed by atoms with Crippen LogP contribution >= 0.6 is 11.6 Å². The number of phenols is 1. The highest BCUT2D eigenvalue weighted by Gasteiger charge is 1.98. The lowest BCUT2D eigenvalue weighted by atomic mass is 10.2. The van der Waals surface area contributed by atoms with Gasteiger partial charge in [0.15, 0.2) is 0 Å². The first-order valence-electron chi connectivity index (χ1n) is 3.36. The summed E-state index contributed by atoms with van der Waals surface area (Å²) in [4.78, 5) is 0. The molecule has 60 valence electrons. The van der Waals surface area contributed by atoms with Crippen molar-refractivity contribution in [1.82, 2.24) is 5.32 Å². The highest BCUT2D eigenvalue weighted by Crippen LogP contribution is 2.20. The third-order valence-electron chi connectivity index (χ3n) is 1.40. The Morgan fingerprint density at radius 1 is 1.55 bits per heavy atom. The number of nitrogens with one attached hydrogen (secondary N) is 1. The molecular formula is C8H10ClNO. The normalized spacial score (nSPS) is 10.0. The summed E-state index contributed by atoms with van der Waals surface area (Å²) in [7, 11) is 1.85. The topological polar surface area (TPSA) is 32.3 Å². The summed E-state index contributed by atoms with van der Waals surface area (Å²) in [6.07, 6.45) is 0. The van der Waals surface area contributed by atoms with Crippen LogP contribution in [0, 0.1) is 0 Å². The average Bonchev–Trinajstić information content (AvgIpc) is 1.95. The van der Waals surface area contributed by atoms with Gasteiger partial charge in [-0.1, -0.05) is 17.7 Å². The van der Waals surface area contributed by atoms with Crippen LogP contribution in [0.4, 0.5) is 0 Å². The zero-order chi connectivity index (χ0) is 8.27. The second-order valence-electron chi connectivity index (χ2n) is 2.31. The zero-order valence-corrected chi connectivity index (χ0v) is 7.02. The van der Waals surface area contributed by atoms with Crippen molar-refractivity contribution in [3.8, 4) is 5.75 Å². The Morgan fingerprint density at radius 3 is 2.82 bits per heavy atom. The third-order valence-corrected chi connectivity index (χ3v) is 1.76. The quantitative estimate of drug-likeness (QED) is 0.711. The third kappa shape index (κ3) is 2.10. The number of halogens is 1. The molecule has 1 rings (SSSR count). The van der Waals surface area contributed by atoms with Gasteiger partial charge in [-0.2, -0.15) is 0 Å². The fourth-order valence-corrected chi connectivity index (χ4v) is 1.11. The van der Waals surface area contributed by atoms with E-state index in [2.05, 4.69) is 5.32 Å². The Bertz CT molecular complexity index is 250. The van der Waals surface area contributed by atoms with Crippen molar-refractivity contribution in [2.45, 2.75) is 6.54 Å². The van der Waals surface area contributed by atoms with Crippen molar-refractivity contribution in [3.05, 3.63) is 28.8 Å². The second kappa shape index (κ2) is 3.60. The lowest BCUT2D eigenvalue weighted by Crippen LogP contribution is -2.05. The molecule has 0 amide bonds. The molecule has 2 nitrogen and oxygen atoms in total. The summed E-state index contributed by atoms with van der Waals surface area (Å²) < 4.78 is 0. The van der Waals surface area contributed by atoms with Gasteiger partial charge in [-0.3, -0.25) is 0 Å². The Hall–Kier alpha value is -0.730. The van der Waals surface area contributed by atoms with Crippen molar-refractivity contribution in [2.24, 2.45) is 0 Å². The largest absolute Gasteiger partial charge is 0.508 e. The van der Waals surface area contributed by atoms with E-state index in [1.807, 2.05) is 7.05 Å². The summed E-state index contributed by atoms with van der Waals surface area (Å²) in [5.41, 5.74) is 0.993. The van der Waals surface area contributed by atoms with E-state index < -0.39 is 0 Å². The molecule has 2 N–H and O–H groups in total. The SMILES string of the molecule is CNCc1ccc(O)cc1Cl. The molecule has 0 atom stereocenters. The Kier molecular flexibility index (Phi) is 2.74. The highest BCUT2D eigenvalue weighted by atomic mass is 35.5. The summed E-state index contributed by atoms with van der Waals surface area (Å²) in [6.45, 7) is 0.721. The lowest BCUT2D eigenvalue weighted by molar-refractivity contribution is 0.475. The molecule has 0 radical (unpaired) electrons. The minimum atomic E-state index is 0.204. The van der Waals surface area contributed by atoms with Gasteiger partial charge in [0.2, 0.25) is 0 Å². The minimum absolute atomic E-state index is 0.204. The Morgan fingerprint density at radius 2 is 2.27 bits per heavy atom. The zero-order valence-electron chi connectivity index (χ0n) is 6.26. The Labute approximate surface area is 70.8 Å². The molecule has 0 saturated carbocycles. The summed E-state index contributed by atoms with van der Waals surface area (Å²) in [5.74, 6) is 0.204. The standard InChI is InChI=1S/C8H10ClNO/c1-10-5-6-2-3-7(11)4-8(6)9/h2-4,10-11H,5H2,1H3. The number of hydrogen-bond acceptors (Lipinski definition) is 2. The highest BCUT2D eigenvalue weighted by molar-refractivity contribution is 6.31. The smallest absolute Gasteiger partial charge is 0.117 e. The van der Waals surface area contributed by atoms with Crippen LogP contribution in [-0.2, 0) is 6.54 Å². The molecule has 0 bridgehead atoms. The van der Waals surface area contributed by atoms with Crippen molar-refractivity contribution in [3.63, 3.8) is 0 Å². The first-order chi connectivity index (χ1) is 5.24. The van der Waals surface area contributed by atoms with Crippen LogP contribution in [0.1, 0.15) is 5.56 Å². The Balaban J connectivity index is 2.90. The lowest BCUT2D eigenvalue weighted by Gasteiger charge is -2.02. The van der Waals surface area contributed by atoms with Crippen LogP contribution in [0.15, 0.2) is 18.2 Å². The van der Waals surface area contributed by atoms with Crippen LogP contribution in [0.2, 0.25) is 5.02 Å². The number of hydrogen-bond donors (Lipinski definition) is 2. The van der Waals surface area contributed by atoms with Crippen LogP contribution < -0.4 is 5.32 Å². The molecule has 1 aromatic carbocycles. The van der Waals surface area contributed by atoms with E-state index >= 15 is 0 Å².